The number of anilines is 1. The molecule has 1 aliphatic heterocycles. The van der Waals surface area contributed by atoms with Crippen LogP contribution < -0.4 is 4.90 Å². The standard InChI is InChI=1S/C18H16ClF3N2O3S/c19-15-3-2-14(28-15)13(25)10-27-17(26)11-5-7-24(8-6-11)16-4-1-12(9-23-16)18(20,21)22/h1-4,9,11H,5-8,10H2. The number of nitrogens with zero attached hydrogens (tertiary/aromatic N) is 2. The van der Waals surface area contributed by atoms with E-state index in [0.717, 1.165) is 23.6 Å². The van der Waals surface area contributed by atoms with Gasteiger partial charge in [0.2, 0.25) is 5.78 Å². The molecule has 1 aliphatic rings. The van der Waals surface area contributed by atoms with E-state index in [1.807, 2.05) is 4.90 Å². The van der Waals surface area contributed by atoms with E-state index in [2.05, 4.69) is 4.98 Å². The highest BCUT2D eigenvalue weighted by Gasteiger charge is 2.31. The zero-order valence-corrected chi connectivity index (χ0v) is 16.1. The highest BCUT2D eigenvalue weighted by molar-refractivity contribution is 7.18. The highest BCUT2D eigenvalue weighted by Crippen LogP contribution is 2.30. The van der Waals surface area contributed by atoms with Crippen LogP contribution in [0.4, 0.5) is 19.0 Å². The van der Waals surface area contributed by atoms with E-state index >= 15 is 0 Å². The summed E-state index contributed by atoms with van der Waals surface area (Å²) in [5.41, 5.74) is -0.800. The quantitative estimate of drug-likeness (QED) is 0.515. The van der Waals surface area contributed by atoms with E-state index in [1.165, 1.54) is 6.07 Å². The van der Waals surface area contributed by atoms with Gasteiger partial charge in [0, 0.05) is 19.3 Å². The van der Waals surface area contributed by atoms with E-state index in [9.17, 15) is 22.8 Å². The minimum absolute atomic E-state index is 0.309. The van der Waals surface area contributed by atoms with Gasteiger partial charge in [0.25, 0.3) is 0 Å². The number of ether oxygens (including phenoxy) is 1. The summed E-state index contributed by atoms with van der Waals surface area (Å²) in [4.78, 5) is 30.3. The normalized spacial score (nSPS) is 15.5. The van der Waals surface area contributed by atoms with E-state index in [1.54, 1.807) is 12.1 Å². The van der Waals surface area contributed by atoms with Gasteiger partial charge in [0.1, 0.15) is 5.82 Å². The Morgan fingerprint density at radius 3 is 2.46 bits per heavy atom. The number of rotatable bonds is 5. The SMILES string of the molecule is O=C(COC(=O)C1CCN(c2ccc(C(F)(F)F)cn2)CC1)c1ccc(Cl)s1. The second-order valence-corrected chi connectivity index (χ2v) is 8.01. The Hall–Kier alpha value is -2.13. The third-order valence-electron chi connectivity index (χ3n) is 4.42. The van der Waals surface area contributed by atoms with Gasteiger partial charge in [-0.1, -0.05) is 11.6 Å². The van der Waals surface area contributed by atoms with Crippen LogP contribution in [0.2, 0.25) is 4.34 Å². The number of hydrogen-bond donors (Lipinski definition) is 0. The van der Waals surface area contributed by atoms with Crippen LogP contribution in [0.15, 0.2) is 30.5 Å². The summed E-state index contributed by atoms with van der Waals surface area (Å²) in [6.07, 6.45) is -2.67. The van der Waals surface area contributed by atoms with Crippen molar-refractivity contribution in [2.45, 2.75) is 19.0 Å². The van der Waals surface area contributed by atoms with Gasteiger partial charge in [-0.3, -0.25) is 9.59 Å². The molecule has 0 atom stereocenters. The smallest absolute Gasteiger partial charge is 0.417 e. The van der Waals surface area contributed by atoms with Crippen molar-refractivity contribution in [1.29, 1.82) is 0 Å². The molecule has 1 saturated heterocycles. The molecule has 0 bridgehead atoms. The number of piperidine rings is 1. The van der Waals surface area contributed by atoms with Crippen LogP contribution in [0, 0.1) is 5.92 Å². The third kappa shape index (κ3) is 5.02. The van der Waals surface area contributed by atoms with Crippen LogP contribution in [0.1, 0.15) is 28.1 Å². The Morgan fingerprint density at radius 2 is 1.93 bits per heavy atom. The second-order valence-electron chi connectivity index (χ2n) is 6.30. The van der Waals surface area contributed by atoms with Gasteiger partial charge in [-0.25, -0.2) is 4.98 Å². The van der Waals surface area contributed by atoms with Crippen molar-refractivity contribution in [3.05, 3.63) is 45.2 Å². The minimum atomic E-state index is -4.42. The average molecular weight is 433 g/mol. The number of alkyl halides is 3. The van der Waals surface area contributed by atoms with Crippen LogP contribution >= 0.6 is 22.9 Å². The predicted octanol–water partition coefficient (Wildman–Crippen LogP) is 4.46. The predicted molar refractivity (Wildman–Crippen MR) is 98.8 cm³/mol. The maximum Gasteiger partial charge on any atom is 0.417 e. The fourth-order valence-corrected chi connectivity index (χ4v) is 3.84. The van der Waals surface area contributed by atoms with Gasteiger partial charge in [-0.2, -0.15) is 13.2 Å². The zero-order chi connectivity index (χ0) is 20.3. The molecule has 3 heterocycles. The maximum absolute atomic E-state index is 12.6. The molecule has 0 amide bonds. The summed E-state index contributed by atoms with van der Waals surface area (Å²) >= 11 is 6.90. The number of carbonyl (C=O) groups excluding carboxylic acids is 2. The van der Waals surface area contributed by atoms with Gasteiger partial charge < -0.3 is 9.64 Å². The lowest BCUT2D eigenvalue weighted by atomic mass is 9.97. The summed E-state index contributed by atoms with van der Waals surface area (Å²) < 4.78 is 43.4. The number of thiophene rings is 1. The van der Waals surface area contributed by atoms with Crippen LogP contribution in [0.3, 0.4) is 0 Å². The van der Waals surface area contributed by atoms with Gasteiger partial charge in [0.15, 0.2) is 6.61 Å². The molecule has 0 radical (unpaired) electrons. The first-order chi connectivity index (χ1) is 13.2. The first-order valence-corrected chi connectivity index (χ1v) is 9.67. The van der Waals surface area contributed by atoms with Gasteiger partial charge in [-0.05, 0) is 37.1 Å². The molecule has 0 unspecified atom stereocenters. The molecule has 0 aromatic carbocycles. The molecule has 3 rings (SSSR count). The monoisotopic (exact) mass is 432 g/mol. The summed E-state index contributed by atoms with van der Waals surface area (Å²) in [6.45, 7) is 0.593. The summed E-state index contributed by atoms with van der Waals surface area (Å²) in [6, 6.07) is 5.50. The number of pyridine rings is 1. The van der Waals surface area contributed by atoms with E-state index < -0.39 is 17.7 Å². The summed E-state index contributed by atoms with van der Waals surface area (Å²) in [5.74, 6) is -0.678. The largest absolute Gasteiger partial charge is 0.457 e. The zero-order valence-electron chi connectivity index (χ0n) is 14.5. The highest BCUT2D eigenvalue weighted by atomic mass is 35.5. The molecule has 0 spiro atoms. The van der Waals surface area contributed by atoms with Crippen molar-refractivity contribution < 1.29 is 27.5 Å². The molecule has 2 aromatic heterocycles. The Kier molecular flexibility index (Phi) is 6.24. The molecule has 5 nitrogen and oxygen atoms in total. The third-order valence-corrected chi connectivity index (χ3v) is 5.69. The van der Waals surface area contributed by atoms with Crippen molar-refractivity contribution in [3.63, 3.8) is 0 Å². The Balaban J connectivity index is 1.48. The molecular formula is C18H16ClF3N2O3S. The van der Waals surface area contributed by atoms with Crippen LogP contribution in [0.25, 0.3) is 0 Å². The molecule has 1 fully saturated rings. The van der Waals surface area contributed by atoms with Crippen molar-refractivity contribution in [1.82, 2.24) is 4.98 Å². The lowest BCUT2D eigenvalue weighted by Crippen LogP contribution is -2.37. The lowest BCUT2D eigenvalue weighted by Gasteiger charge is -2.31. The number of esters is 1. The lowest BCUT2D eigenvalue weighted by molar-refractivity contribution is -0.148. The van der Waals surface area contributed by atoms with Gasteiger partial charge in [-0.15, -0.1) is 11.3 Å². The first-order valence-electron chi connectivity index (χ1n) is 8.47. The van der Waals surface area contributed by atoms with E-state index in [-0.39, 0.29) is 18.3 Å². The Labute approximate surface area is 168 Å². The minimum Gasteiger partial charge on any atom is -0.457 e. The van der Waals surface area contributed by atoms with Crippen molar-refractivity contribution in [3.8, 4) is 0 Å². The fourth-order valence-electron chi connectivity index (χ4n) is 2.87. The molecule has 28 heavy (non-hydrogen) atoms. The van der Waals surface area contributed by atoms with Crippen molar-refractivity contribution in [2.75, 3.05) is 24.6 Å². The summed E-state index contributed by atoms with van der Waals surface area (Å²) in [7, 11) is 0. The van der Waals surface area contributed by atoms with Gasteiger partial charge in [0.05, 0.1) is 20.7 Å². The number of halogens is 4. The Bertz CT molecular complexity index is 847. The second kappa shape index (κ2) is 8.48. The molecule has 10 heteroatoms. The van der Waals surface area contributed by atoms with Crippen molar-refractivity contribution >= 4 is 40.5 Å². The maximum atomic E-state index is 12.6. The topological polar surface area (TPSA) is 59.5 Å². The first kappa shape index (κ1) is 20.6. The average Bonchev–Trinajstić information content (AvgIpc) is 3.12. The van der Waals surface area contributed by atoms with E-state index in [0.29, 0.717) is 41.0 Å². The summed E-state index contributed by atoms with van der Waals surface area (Å²) in [5, 5.41) is 0. The van der Waals surface area contributed by atoms with Gasteiger partial charge >= 0.3 is 12.1 Å². The molecule has 150 valence electrons. The van der Waals surface area contributed by atoms with Crippen LogP contribution in [0.5, 0.6) is 0 Å². The van der Waals surface area contributed by atoms with Crippen LogP contribution in [-0.4, -0.2) is 36.4 Å². The number of hydrogen-bond acceptors (Lipinski definition) is 6. The molecule has 0 aliphatic carbocycles. The van der Waals surface area contributed by atoms with Crippen LogP contribution in [-0.2, 0) is 15.7 Å². The number of Topliss-reactive ketones (excluding diaryl/α,β-unsaturated/α-hetero) is 1. The van der Waals surface area contributed by atoms with E-state index in [4.69, 9.17) is 16.3 Å². The molecular weight excluding hydrogens is 417 g/mol. The Morgan fingerprint density at radius 1 is 1.21 bits per heavy atom. The fraction of sp³-hybridized carbons (Fsp3) is 0.389. The number of ketones is 1. The molecule has 0 saturated carbocycles. The number of carbonyl (C=O) groups is 2. The van der Waals surface area contributed by atoms with Crippen molar-refractivity contribution in [2.24, 2.45) is 5.92 Å². The molecule has 0 N–H and O–H groups in total. The number of aromatic nitrogens is 1. The molecule has 2 aromatic rings.